The third kappa shape index (κ3) is 12.8. The molecule has 0 saturated heterocycles. The van der Waals surface area contributed by atoms with E-state index in [0.717, 1.165) is 13.2 Å². The standard InChI is InChI=1S/C11H26NO.C4H8O2S/c1-5-9-12(6-2,7-3)10-11-13-8-4;1-7-3-2-4(5)6/h5-11H2,1-4H3;2-3H2,1H3,(H,5,6)/q+1;/p-1. The fourth-order valence-electron chi connectivity index (χ4n) is 2.03. The van der Waals surface area contributed by atoms with Crippen LogP contribution in [0.1, 0.15) is 40.5 Å². The van der Waals surface area contributed by atoms with Crippen molar-refractivity contribution in [1.82, 2.24) is 0 Å². The number of likely N-dealkylation sites (N-methyl/N-ethyl adjacent to an activating group) is 1. The van der Waals surface area contributed by atoms with Crippen molar-refractivity contribution in [1.29, 1.82) is 0 Å². The fraction of sp³-hybridized carbons (Fsp3) is 0.933. The highest BCUT2D eigenvalue weighted by atomic mass is 32.2. The summed E-state index contributed by atoms with van der Waals surface area (Å²) in [6.45, 7) is 15.6. The number of carboxylic acid groups (broad SMARTS) is 1. The van der Waals surface area contributed by atoms with Gasteiger partial charge in [-0.2, -0.15) is 11.8 Å². The zero-order valence-electron chi connectivity index (χ0n) is 13.9. The number of thioether (sulfide) groups is 1. The molecular formula is C15H33NO3S. The van der Waals surface area contributed by atoms with Crippen LogP contribution in [0.2, 0.25) is 0 Å². The summed E-state index contributed by atoms with van der Waals surface area (Å²) in [4.78, 5) is 9.63. The summed E-state index contributed by atoms with van der Waals surface area (Å²) < 4.78 is 6.64. The molecule has 0 saturated carbocycles. The lowest BCUT2D eigenvalue weighted by Crippen LogP contribution is -2.50. The van der Waals surface area contributed by atoms with E-state index < -0.39 is 5.97 Å². The van der Waals surface area contributed by atoms with Crippen molar-refractivity contribution >= 4 is 17.7 Å². The van der Waals surface area contributed by atoms with Crippen LogP contribution in [0.4, 0.5) is 0 Å². The third-order valence-electron chi connectivity index (χ3n) is 3.46. The predicted molar refractivity (Wildman–Crippen MR) is 85.9 cm³/mol. The minimum absolute atomic E-state index is 0.168. The molecule has 0 N–H and O–H groups in total. The maximum Gasteiger partial charge on any atom is 0.102 e. The second kappa shape index (κ2) is 15.1. The van der Waals surface area contributed by atoms with Gasteiger partial charge in [-0.3, -0.25) is 0 Å². The topological polar surface area (TPSA) is 49.4 Å². The first-order chi connectivity index (χ1) is 9.51. The number of hydrogen-bond acceptors (Lipinski definition) is 4. The molecule has 20 heavy (non-hydrogen) atoms. The van der Waals surface area contributed by atoms with Gasteiger partial charge in [0.2, 0.25) is 0 Å². The summed E-state index contributed by atoms with van der Waals surface area (Å²) in [7, 11) is 0. The monoisotopic (exact) mass is 307 g/mol. The van der Waals surface area contributed by atoms with E-state index in [1.165, 1.54) is 48.8 Å². The number of hydrogen-bond donors (Lipinski definition) is 0. The molecule has 0 unspecified atom stereocenters. The maximum absolute atomic E-state index is 9.63. The molecule has 0 bridgehead atoms. The van der Waals surface area contributed by atoms with Gasteiger partial charge in [-0.15, -0.1) is 0 Å². The second-order valence-corrected chi connectivity index (χ2v) is 5.72. The lowest BCUT2D eigenvalue weighted by atomic mass is 10.3. The molecule has 0 aliphatic heterocycles. The molecule has 0 radical (unpaired) electrons. The van der Waals surface area contributed by atoms with Crippen molar-refractivity contribution in [2.75, 3.05) is 51.4 Å². The number of rotatable bonds is 11. The minimum Gasteiger partial charge on any atom is -0.550 e. The molecule has 0 rings (SSSR count). The predicted octanol–water partition coefficient (Wildman–Crippen LogP) is 1.78. The number of aliphatic carboxylic acids is 1. The molecule has 0 fully saturated rings. The Bertz CT molecular complexity index is 221. The summed E-state index contributed by atoms with van der Waals surface area (Å²) in [5.41, 5.74) is 0. The number of nitrogens with zero attached hydrogens (tertiary/aromatic N) is 1. The van der Waals surface area contributed by atoms with Crippen LogP contribution >= 0.6 is 11.8 Å². The SMILES string of the molecule is CCC[N+](CC)(CC)CCOCC.CSCCC(=O)[O-]. The van der Waals surface area contributed by atoms with E-state index in [0.29, 0.717) is 5.75 Å². The van der Waals surface area contributed by atoms with Crippen molar-refractivity contribution in [2.24, 2.45) is 0 Å². The van der Waals surface area contributed by atoms with Gasteiger partial charge >= 0.3 is 0 Å². The van der Waals surface area contributed by atoms with Gasteiger partial charge in [0.05, 0.1) is 26.2 Å². The van der Waals surface area contributed by atoms with E-state index in [1.807, 2.05) is 6.26 Å². The molecule has 122 valence electrons. The molecule has 0 amide bonds. The van der Waals surface area contributed by atoms with Crippen LogP contribution in [0.5, 0.6) is 0 Å². The summed E-state index contributed by atoms with van der Waals surface area (Å²) in [6, 6.07) is 0. The van der Waals surface area contributed by atoms with Gasteiger partial charge in [-0.25, -0.2) is 0 Å². The number of quaternary nitrogens is 1. The molecular weight excluding hydrogens is 274 g/mol. The summed E-state index contributed by atoms with van der Waals surface area (Å²) in [5.74, 6) is -0.308. The van der Waals surface area contributed by atoms with Crippen LogP contribution in [0.15, 0.2) is 0 Å². The average Bonchev–Trinajstić information content (AvgIpc) is 2.45. The van der Waals surface area contributed by atoms with Crippen LogP contribution in [0.3, 0.4) is 0 Å². The lowest BCUT2D eigenvalue weighted by molar-refractivity contribution is -0.925. The molecule has 0 aliphatic carbocycles. The zero-order chi connectivity index (χ0) is 15.9. The van der Waals surface area contributed by atoms with Crippen molar-refractivity contribution in [3.8, 4) is 0 Å². The molecule has 4 nitrogen and oxygen atoms in total. The van der Waals surface area contributed by atoms with Gasteiger partial charge in [-0.05, 0) is 45.6 Å². The van der Waals surface area contributed by atoms with E-state index in [4.69, 9.17) is 4.74 Å². The van der Waals surface area contributed by atoms with E-state index in [-0.39, 0.29) is 6.42 Å². The molecule has 0 atom stereocenters. The summed E-state index contributed by atoms with van der Waals surface area (Å²) >= 11 is 1.51. The van der Waals surface area contributed by atoms with E-state index >= 15 is 0 Å². The Kier molecular flexibility index (Phi) is 16.7. The van der Waals surface area contributed by atoms with E-state index in [2.05, 4.69) is 27.7 Å². The van der Waals surface area contributed by atoms with E-state index in [9.17, 15) is 9.90 Å². The average molecular weight is 308 g/mol. The van der Waals surface area contributed by atoms with Gasteiger partial charge in [-0.1, -0.05) is 6.92 Å². The Labute approximate surface area is 129 Å². The number of carboxylic acids is 1. The van der Waals surface area contributed by atoms with Crippen molar-refractivity contribution < 1.29 is 19.1 Å². The van der Waals surface area contributed by atoms with Gasteiger partial charge in [0.15, 0.2) is 0 Å². The third-order valence-corrected chi connectivity index (χ3v) is 4.08. The largest absolute Gasteiger partial charge is 0.550 e. The molecule has 0 spiro atoms. The lowest BCUT2D eigenvalue weighted by Gasteiger charge is -2.36. The van der Waals surface area contributed by atoms with Crippen LogP contribution in [0, 0.1) is 0 Å². The molecule has 5 heteroatoms. The Balaban J connectivity index is 0. The normalized spacial score (nSPS) is 10.8. The smallest absolute Gasteiger partial charge is 0.102 e. The van der Waals surface area contributed by atoms with Crippen LogP contribution in [0.25, 0.3) is 0 Å². The molecule has 0 aromatic heterocycles. The maximum atomic E-state index is 9.63. The summed E-state index contributed by atoms with van der Waals surface area (Å²) in [6.07, 6.45) is 3.30. The van der Waals surface area contributed by atoms with Gasteiger partial charge in [0.25, 0.3) is 0 Å². The van der Waals surface area contributed by atoms with Crippen LogP contribution in [-0.2, 0) is 9.53 Å². The Morgan fingerprint density at radius 2 is 1.75 bits per heavy atom. The quantitative estimate of drug-likeness (QED) is 0.431. The highest BCUT2D eigenvalue weighted by Crippen LogP contribution is 2.07. The highest BCUT2D eigenvalue weighted by Gasteiger charge is 2.20. The Hall–Kier alpha value is -0.260. The van der Waals surface area contributed by atoms with Crippen molar-refractivity contribution in [2.45, 2.75) is 40.5 Å². The fourth-order valence-corrected chi connectivity index (χ4v) is 2.40. The van der Waals surface area contributed by atoms with Crippen LogP contribution < -0.4 is 5.11 Å². The molecule has 0 aromatic carbocycles. The zero-order valence-corrected chi connectivity index (χ0v) is 14.8. The molecule has 0 aliphatic rings. The van der Waals surface area contributed by atoms with Crippen molar-refractivity contribution in [3.05, 3.63) is 0 Å². The first-order valence-electron chi connectivity index (χ1n) is 7.63. The van der Waals surface area contributed by atoms with Gasteiger partial charge in [0.1, 0.15) is 6.54 Å². The van der Waals surface area contributed by atoms with E-state index in [1.54, 1.807) is 0 Å². The number of carbonyl (C=O) groups is 1. The Morgan fingerprint density at radius 1 is 1.15 bits per heavy atom. The summed E-state index contributed by atoms with van der Waals surface area (Å²) in [5, 5.41) is 9.63. The Morgan fingerprint density at radius 3 is 2.05 bits per heavy atom. The molecule has 0 aromatic rings. The first kappa shape index (κ1) is 22.0. The van der Waals surface area contributed by atoms with Crippen LogP contribution in [-0.4, -0.2) is 61.9 Å². The number of ether oxygens (including phenoxy) is 1. The highest BCUT2D eigenvalue weighted by molar-refractivity contribution is 7.98. The molecule has 0 heterocycles. The first-order valence-corrected chi connectivity index (χ1v) is 9.02. The minimum atomic E-state index is -0.964. The van der Waals surface area contributed by atoms with Crippen molar-refractivity contribution in [3.63, 3.8) is 0 Å². The number of carbonyl (C=O) groups excluding carboxylic acids is 1. The van der Waals surface area contributed by atoms with Gasteiger partial charge in [0, 0.05) is 12.6 Å². The van der Waals surface area contributed by atoms with Gasteiger partial charge < -0.3 is 19.1 Å². The second-order valence-electron chi connectivity index (χ2n) is 4.73.